The third-order valence-corrected chi connectivity index (χ3v) is 6.14. The van der Waals surface area contributed by atoms with Crippen molar-refractivity contribution in [1.82, 2.24) is 9.88 Å². The summed E-state index contributed by atoms with van der Waals surface area (Å²) in [5, 5.41) is 9.30. The van der Waals surface area contributed by atoms with E-state index in [0.29, 0.717) is 44.1 Å². The van der Waals surface area contributed by atoms with Gasteiger partial charge in [-0.05, 0) is 43.2 Å². The van der Waals surface area contributed by atoms with Gasteiger partial charge in [0.2, 0.25) is 11.8 Å². The molecule has 7 nitrogen and oxygen atoms in total. The number of carbonyl (C=O) groups excluding carboxylic acids is 2. The van der Waals surface area contributed by atoms with Crippen LogP contribution in [-0.4, -0.2) is 54.4 Å². The largest absolute Gasteiger partial charge is 0.352 e. The number of anilines is 2. The number of nitrogens with zero attached hydrogens (tertiary/aromatic N) is 5. The first-order valence-corrected chi connectivity index (χ1v) is 10.2. The molecule has 4 rings (SSSR count). The molecule has 2 aromatic rings. The van der Waals surface area contributed by atoms with Crippen molar-refractivity contribution in [3.05, 3.63) is 53.2 Å². The number of rotatable bonds is 3. The van der Waals surface area contributed by atoms with Gasteiger partial charge >= 0.3 is 0 Å². The molecule has 0 radical (unpaired) electrons. The molecule has 2 amide bonds. The topological polar surface area (TPSA) is 80.5 Å². The van der Waals surface area contributed by atoms with Gasteiger partial charge in [-0.2, -0.15) is 5.26 Å². The Balaban J connectivity index is 1.41. The van der Waals surface area contributed by atoms with Crippen LogP contribution in [0.1, 0.15) is 23.1 Å². The summed E-state index contributed by atoms with van der Waals surface area (Å²) in [6.07, 6.45) is 1.94. The van der Waals surface area contributed by atoms with Crippen molar-refractivity contribution in [1.29, 1.82) is 5.26 Å². The number of aryl methyl sites for hydroxylation is 1. The van der Waals surface area contributed by atoms with E-state index in [-0.39, 0.29) is 24.2 Å². The summed E-state index contributed by atoms with van der Waals surface area (Å²) in [4.78, 5) is 35.7. The van der Waals surface area contributed by atoms with Crippen LogP contribution in [0.3, 0.4) is 0 Å². The summed E-state index contributed by atoms with van der Waals surface area (Å²) >= 11 is 0. The van der Waals surface area contributed by atoms with Gasteiger partial charge in [-0.25, -0.2) is 4.98 Å². The Morgan fingerprint density at radius 2 is 1.90 bits per heavy atom. The minimum absolute atomic E-state index is 0.00725. The summed E-state index contributed by atoms with van der Waals surface area (Å²) < 4.78 is 0. The maximum absolute atomic E-state index is 13.1. The highest BCUT2D eigenvalue weighted by atomic mass is 16.2. The molecule has 0 bridgehead atoms. The van der Waals surface area contributed by atoms with Crippen LogP contribution in [-0.2, 0) is 9.59 Å². The predicted molar refractivity (Wildman–Crippen MR) is 114 cm³/mol. The molecule has 2 fully saturated rings. The van der Waals surface area contributed by atoms with E-state index in [1.165, 1.54) is 0 Å². The normalized spacial score (nSPS) is 19.2. The highest BCUT2D eigenvalue weighted by molar-refractivity contribution is 6.01. The van der Waals surface area contributed by atoms with Gasteiger partial charge in [0.15, 0.2) is 0 Å². The Kier molecular flexibility index (Phi) is 5.40. The van der Waals surface area contributed by atoms with E-state index in [1.54, 1.807) is 23.2 Å². The number of hydrogen-bond donors (Lipinski definition) is 0. The lowest BCUT2D eigenvalue weighted by molar-refractivity contribution is -0.136. The molecule has 0 spiro atoms. The number of pyridine rings is 1. The standard InChI is InChI=1S/C23H25N5O2/c1-16-5-3-7-20(17(16)2)28-15-19(13-21(28)29)23(30)27-11-9-26(10-12-27)22-18(14-24)6-4-8-25-22/h3-8,19H,9-13,15H2,1-2H3. The van der Waals surface area contributed by atoms with Crippen molar-refractivity contribution >= 4 is 23.3 Å². The lowest BCUT2D eigenvalue weighted by Gasteiger charge is -2.36. The van der Waals surface area contributed by atoms with Gasteiger partial charge in [0, 0.05) is 51.0 Å². The number of carbonyl (C=O) groups is 2. The Morgan fingerprint density at radius 1 is 1.13 bits per heavy atom. The van der Waals surface area contributed by atoms with Gasteiger partial charge in [0.05, 0.1) is 11.5 Å². The number of hydrogen-bond acceptors (Lipinski definition) is 5. The molecule has 0 aliphatic carbocycles. The van der Waals surface area contributed by atoms with Crippen LogP contribution < -0.4 is 9.80 Å². The average molecular weight is 403 g/mol. The Labute approximate surface area is 176 Å². The first-order valence-electron chi connectivity index (χ1n) is 10.2. The Bertz CT molecular complexity index is 1020. The molecule has 2 aliphatic rings. The summed E-state index contributed by atoms with van der Waals surface area (Å²) in [6.45, 7) is 6.85. The molecule has 0 N–H and O–H groups in total. The molecule has 1 aromatic carbocycles. The minimum atomic E-state index is -0.312. The maximum Gasteiger partial charge on any atom is 0.228 e. The van der Waals surface area contributed by atoms with E-state index in [9.17, 15) is 14.9 Å². The second kappa shape index (κ2) is 8.15. The van der Waals surface area contributed by atoms with Gasteiger partial charge in [-0.1, -0.05) is 12.1 Å². The van der Waals surface area contributed by atoms with Gasteiger partial charge in [-0.15, -0.1) is 0 Å². The van der Waals surface area contributed by atoms with E-state index < -0.39 is 0 Å². The van der Waals surface area contributed by atoms with Crippen molar-refractivity contribution in [3.8, 4) is 6.07 Å². The van der Waals surface area contributed by atoms with Crippen molar-refractivity contribution in [2.45, 2.75) is 20.3 Å². The van der Waals surface area contributed by atoms with E-state index in [4.69, 9.17) is 0 Å². The monoisotopic (exact) mass is 403 g/mol. The molecular formula is C23H25N5O2. The number of amides is 2. The molecule has 0 saturated carbocycles. The van der Waals surface area contributed by atoms with Crippen molar-refractivity contribution in [3.63, 3.8) is 0 Å². The third kappa shape index (κ3) is 3.61. The first-order chi connectivity index (χ1) is 14.5. The zero-order valence-corrected chi connectivity index (χ0v) is 17.3. The number of nitriles is 1. The SMILES string of the molecule is Cc1cccc(N2CC(C(=O)N3CCN(c4ncccc4C#N)CC3)CC2=O)c1C. The maximum atomic E-state index is 13.1. The zero-order valence-electron chi connectivity index (χ0n) is 17.3. The summed E-state index contributed by atoms with van der Waals surface area (Å²) in [5.74, 6) is 0.405. The first kappa shape index (κ1) is 19.9. The number of piperazine rings is 1. The van der Waals surface area contributed by atoms with Crippen molar-refractivity contribution < 1.29 is 9.59 Å². The van der Waals surface area contributed by atoms with E-state index in [1.807, 2.05) is 41.8 Å². The number of aromatic nitrogens is 1. The van der Waals surface area contributed by atoms with Gasteiger partial charge < -0.3 is 14.7 Å². The van der Waals surface area contributed by atoms with Crippen LogP contribution in [0, 0.1) is 31.1 Å². The highest BCUT2D eigenvalue weighted by Gasteiger charge is 2.38. The molecule has 2 saturated heterocycles. The second-order valence-electron chi connectivity index (χ2n) is 7.92. The molecule has 1 unspecified atom stereocenters. The molecule has 3 heterocycles. The third-order valence-electron chi connectivity index (χ3n) is 6.14. The van der Waals surface area contributed by atoms with E-state index in [0.717, 1.165) is 16.8 Å². The van der Waals surface area contributed by atoms with Crippen LogP contribution in [0.15, 0.2) is 36.5 Å². The fourth-order valence-electron chi connectivity index (χ4n) is 4.27. The molecule has 154 valence electrons. The molecule has 7 heteroatoms. The van der Waals surface area contributed by atoms with Gasteiger partial charge in [-0.3, -0.25) is 9.59 Å². The molecular weight excluding hydrogens is 378 g/mol. The summed E-state index contributed by atoms with van der Waals surface area (Å²) in [5.41, 5.74) is 3.66. The smallest absolute Gasteiger partial charge is 0.228 e. The van der Waals surface area contributed by atoms with Gasteiger partial charge in [0.1, 0.15) is 11.9 Å². The van der Waals surface area contributed by atoms with Crippen LogP contribution in [0.25, 0.3) is 0 Å². The fraction of sp³-hybridized carbons (Fsp3) is 0.391. The molecule has 30 heavy (non-hydrogen) atoms. The summed E-state index contributed by atoms with van der Waals surface area (Å²) in [7, 11) is 0. The highest BCUT2D eigenvalue weighted by Crippen LogP contribution is 2.30. The predicted octanol–water partition coefficient (Wildman–Crippen LogP) is 2.27. The Morgan fingerprint density at radius 3 is 2.63 bits per heavy atom. The quantitative estimate of drug-likeness (QED) is 0.785. The Hall–Kier alpha value is -3.40. The molecule has 1 aromatic heterocycles. The van der Waals surface area contributed by atoms with Crippen LogP contribution in [0.5, 0.6) is 0 Å². The van der Waals surface area contributed by atoms with Gasteiger partial charge in [0.25, 0.3) is 0 Å². The second-order valence-corrected chi connectivity index (χ2v) is 7.92. The lowest BCUT2D eigenvalue weighted by Crippen LogP contribution is -2.51. The van der Waals surface area contributed by atoms with Crippen LogP contribution >= 0.6 is 0 Å². The van der Waals surface area contributed by atoms with Crippen LogP contribution in [0.2, 0.25) is 0 Å². The number of benzene rings is 1. The molecule has 1 atom stereocenters. The zero-order chi connectivity index (χ0) is 21.3. The average Bonchev–Trinajstić information content (AvgIpc) is 3.16. The minimum Gasteiger partial charge on any atom is -0.352 e. The van der Waals surface area contributed by atoms with Crippen molar-refractivity contribution in [2.24, 2.45) is 5.92 Å². The fourth-order valence-corrected chi connectivity index (χ4v) is 4.27. The molecule has 2 aliphatic heterocycles. The van der Waals surface area contributed by atoms with E-state index >= 15 is 0 Å². The van der Waals surface area contributed by atoms with Crippen molar-refractivity contribution in [2.75, 3.05) is 42.5 Å². The van der Waals surface area contributed by atoms with E-state index in [2.05, 4.69) is 11.1 Å². The lowest BCUT2D eigenvalue weighted by atomic mass is 10.1. The summed E-state index contributed by atoms with van der Waals surface area (Å²) in [6, 6.07) is 11.6. The van der Waals surface area contributed by atoms with Crippen LogP contribution in [0.4, 0.5) is 11.5 Å².